The van der Waals surface area contributed by atoms with Gasteiger partial charge < -0.3 is 0 Å². The lowest BCUT2D eigenvalue weighted by molar-refractivity contribution is 0.0994. The topological polar surface area (TPSA) is 30.0 Å². The molecule has 1 aromatic carbocycles. The second-order valence-electron chi connectivity index (χ2n) is 4.40. The van der Waals surface area contributed by atoms with Gasteiger partial charge in [-0.25, -0.2) is 0 Å². The van der Waals surface area contributed by atoms with Crippen LogP contribution in [0.15, 0.2) is 42.7 Å². The van der Waals surface area contributed by atoms with Crippen molar-refractivity contribution < 1.29 is 4.79 Å². The molecular weight excluding hydrogens is 210 g/mol. The number of aromatic nitrogens is 1. The summed E-state index contributed by atoms with van der Waals surface area (Å²) in [6.07, 6.45) is 6.09. The van der Waals surface area contributed by atoms with Gasteiger partial charge in [-0.3, -0.25) is 9.78 Å². The molecule has 0 saturated carbocycles. The molecule has 2 aromatic rings. The van der Waals surface area contributed by atoms with Gasteiger partial charge in [-0.15, -0.1) is 0 Å². The van der Waals surface area contributed by atoms with Crippen molar-refractivity contribution in [1.82, 2.24) is 4.98 Å². The standard InChI is InChI=1S/C15H13NO/c17-15-7-6-13-12(4-1-5-14(13)15)9-11-3-2-8-16-10-11/h1-5,8,10H,6-7,9H2. The number of pyridine rings is 1. The zero-order valence-corrected chi connectivity index (χ0v) is 9.52. The summed E-state index contributed by atoms with van der Waals surface area (Å²) in [4.78, 5) is 15.8. The van der Waals surface area contributed by atoms with Crippen molar-refractivity contribution in [2.75, 3.05) is 0 Å². The minimum Gasteiger partial charge on any atom is -0.294 e. The molecule has 0 radical (unpaired) electrons. The monoisotopic (exact) mass is 223 g/mol. The third-order valence-electron chi connectivity index (χ3n) is 3.29. The van der Waals surface area contributed by atoms with Crippen molar-refractivity contribution in [1.29, 1.82) is 0 Å². The molecule has 0 atom stereocenters. The molecule has 3 rings (SSSR count). The van der Waals surface area contributed by atoms with Crippen LogP contribution in [0.4, 0.5) is 0 Å². The van der Waals surface area contributed by atoms with E-state index in [4.69, 9.17) is 0 Å². The lowest BCUT2D eigenvalue weighted by atomic mass is 9.98. The van der Waals surface area contributed by atoms with Gasteiger partial charge in [0.25, 0.3) is 0 Å². The molecule has 2 heteroatoms. The summed E-state index contributed by atoms with van der Waals surface area (Å²) in [5.74, 6) is 0.285. The molecule has 0 aliphatic heterocycles. The van der Waals surface area contributed by atoms with Crippen molar-refractivity contribution in [3.63, 3.8) is 0 Å². The number of nitrogens with zero attached hydrogens (tertiary/aromatic N) is 1. The first-order valence-corrected chi connectivity index (χ1v) is 5.87. The molecule has 17 heavy (non-hydrogen) atoms. The van der Waals surface area contributed by atoms with Crippen LogP contribution >= 0.6 is 0 Å². The number of hydrogen-bond acceptors (Lipinski definition) is 2. The van der Waals surface area contributed by atoms with Crippen LogP contribution in [-0.4, -0.2) is 10.8 Å². The Morgan fingerprint density at radius 1 is 1.12 bits per heavy atom. The summed E-state index contributed by atoms with van der Waals surface area (Å²) in [7, 11) is 0. The van der Waals surface area contributed by atoms with Crippen molar-refractivity contribution in [2.45, 2.75) is 19.3 Å². The first-order valence-electron chi connectivity index (χ1n) is 5.87. The smallest absolute Gasteiger partial charge is 0.163 e. The summed E-state index contributed by atoms with van der Waals surface area (Å²) in [6, 6.07) is 10.1. The fourth-order valence-electron chi connectivity index (χ4n) is 2.45. The lowest BCUT2D eigenvalue weighted by Gasteiger charge is -2.07. The number of Topliss-reactive ketones (excluding diaryl/α,β-unsaturated/α-hetero) is 1. The highest BCUT2D eigenvalue weighted by Gasteiger charge is 2.21. The number of hydrogen-bond donors (Lipinski definition) is 0. The van der Waals surface area contributed by atoms with Gasteiger partial charge >= 0.3 is 0 Å². The highest BCUT2D eigenvalue weighted by Crippen LogP contribution is 2.26. The average molecular weight is 223 g/mol. The Morgan fingerprint density at radius 3 is 2.88 bits per heavy atom. The van der Waals surface area contributed by atoms with E-state index in [-0.39, 0.29) is 5.78 Å². The van der Waals surface area contributed by atoms with Crippen LogP contribution in [0.3, 0.4) is 0 Å². The molecule has 0 amide bonds. The Hall–Kier alpha value is -1.96. The molecule has 0 N–H and O–H groups in total. The maximum Gasteiger partial charge on any atom is 0.163 e. The van der Waals surface area contributed by atoms with Crippen molar-refractivity contribution in [3.05, 3.63) is 65.0 Å². The molecule has 0 fully saturated rings. The quantitative estimate of drug-likeness (QED) is 0.783. The van der Waals surface area contributed by atoms with E-state index < -0.39 is 0 Å². The fraction of sp³-hybridized carbons (Fsp3) is 0.200. The minimum absolute atomic E-state index is 0.285. The van der Waals surface area contributed by atoms with Gasteiger partial charge in [-0.2, -0.15) is 0 Å². The summed E-state index contributed by atoms with van der Waals surface area (Å²) in [5.41, 5.74) is 4.62. The van der Waals surface area contributed by atoms with Crippen molar-refractivity contribution in [3.8, 4) is 0 Å². The molecule has 0 spiro atoms. The van der Waals surface area contributed by atoms with E-state index in [1.807, 2.05) is 24.4 Å². The Labute approximate surface area is 100 Å². The largest absolute Gasteiger partial charge is 0.294 e. The molecule has 1 aromatic heterocycles. The zero-order chi connectivity index (χ0) is 11.7. The van der Waals surface area contributed by atoms with Gasteiger partial charge in [-0.05, 0) is 35.6 Å². The van der Waals surface area contributed by atoms with E-state index >= 15 is 0 Å². The number of carbonyl (C=O) groups is 1. The van der Waals surface area contributed by atoms with Gasteiger partial charge in [0.1, 0.15) is 0 Å². The summed E-state index contributed by atoms with van der Waals surface area (Å²) < 4.78 is 0. The molecule has 0 bridgehead atoms. The highest BCUT2D eigenvalue weighted by atomic mass is 16.1. The van der Waals surface area contributed by atoms with E-state index in [0.717, 1.165) is 18.4 Å². The molecule has 84 valence electrons. The summed E-state index contributed by atoms with van der Waals surface area (Å²) in [5, 5.41) is 0. The Morgan fingerprint density at radius 2 is 2.06 bits per heavy atom. The highest BCUT2D eigenvalue weighted by molar-refractivity contribution is 6.00. The predicted octanol–water partition coefficient (Wildman–Crippen LogP) is 2.80. The van der Waals surface area contributed by atoms with E-state index in [9.17, 15) is 4.79 Å². The predicted molar refractivity (Wildman–Crippen MR) is 66.1 cm³/mol. The molecule has 1 aliphatic rings. The number of ketones is 1. The summed E-state index contributed by atoms with van der Waals surface area (Å²) in [6.45, 7) is 0. The van der Waals surface area contributed by atoms with E-state index in [1.54, 1.807) is 6.20 Å². The molecule has 1 aliphatic carbocycles. The fourth-order valence-corrected chi connectivity index (χ4v) is 2.45. The van der Waals surface area contributed by atoms with Gasteiger partial charge in [-0.1, -0.05) is 24.3 Å². The third kappa shape index (κ3) is 1.86. The molecular formula is C15H13NO. The van der Waals surface area contributed by atoms with E-state index in [2.05, 4.69) is 17.1 Å². The van der Waals surface area contributed by atoms with E-state index in [1.165, 1.54) is 16.7 Å². The SMILES string of the molecule is O=C1CCc2c(Cc3cccnc3)cccc21. The van der Waals surface area contributed by atoms with Gasteiger partial charge in [0.15, 0.2) is 5.78 Å². The van der Waals surface area contributed by atoms with E-state index in [0.29, 0.717) is 6.42 Å². The molecule has 1 heterocycles. The summed E-state index contributed by atoms with van der Waals surface area (Å²) >= 11 is 0. The van der Waals surface area contributed by atoms with Crippen LogP contribution in [0.2, 0.25) is 0 Å². The first-order chi connectivity index (χ1) is 8.34. The van der Waals surface area contributed by atoms with Crippen molar-refractivity contribution >= 4 is 5.78 Å². The van der Waals surface area contributed by atoms with Gasteiger partial charge in [0.05, 0.1) is 0 Å². The Bertz CT molecular complexity index is 560. The number of carbonyl (C=O) groups excluding carboxylic acids is 1. The van der Waals surface area contributed by atoms with Crippen molar-refractivity contribution in [2.24, 2.45) is 0 Å². The second kappa shape index (κ2) is 4.13. The third-order valence-corrected chi connectivity index (χ3v) is 3.29. The second-order valence-corrected chi connectivity index (χ2v) is 4.40. The minimum atomic E-state index is 0.285. The van der Waals surface area contributed by atoms with Crippen LogP contribution in [0.1, 0.15) is 33.5 Å². The molecule has 0 saturated heterocycles. The Kier molecular flexibility index (Phi) is 2.48. The molecule has 2 nitrogen and oxygen atoms in total. The average Bonchev–Trinajstić information content (AvgIpc) is 2.74. The van der Waals surface area contributed by atoms with Gasteiger partial charge in [0, 0.05) is 24.4 Å². The lowest BCUT2D eigenvalue weighted by Crippen LogP contribution is -1.96. The Balaban J connectivity index is 1.98. The van der Waals surface area contributed by atoms with Gasteiger partial charge in [0.2, 0.25) is 0 Å². The number of benzene rings is 1. The van der Waals surface area contributed by atoms with Crippen LogP contribution in [0.5, 0.6) is 0 Å². The maximum atomic E-state index is 11.7. The zero-order valence-electron chi connectivity index (χ0n) is 9.52. The number of rotatable bonds is 2. The van der Waals surface area contributed by atoms with Crippen LogP contribution in [0.25, 0.3) is 0 Å². The first kappa shape index (κ1) is 10.2. The number of fused-ring (bicyclic) bond motifs is 1. The van der Waals surface area contributed by atoms with Crippen LogP contribution in [-0.2, 0) is 12.8 Å². The molecule has 0 unspecified atom stereocenters. The van der Waals surface area contributed by atoms with Crippen LogP contribution < -0.4 is 0 Å². The maximum absolute atomic E-state index is 11.7. The normalized spacial score (nSPS) is 13.8. The van der Waals surface area contributed by atoms with Crippen LogP contribution in [0, 0.1) is 0 Å².